The number of halogens is 1. The first-order valence-electron chi connectivity index (χ1n) is 9.32. The maximum atomic E-state index is 12.8. The van der Waals surface area contributed by atoms with E-state index < -0.39 is 6.04 Å². The Morgan fingerprint density at radius 3 is 2.46 bits per heavy atom. The molecule has 2 aromatic rings. The number of hydrogen-bond acceptors (Lipinski definition) is 7. The van der Waals surface area contributed by atoms with Gasteiger partial charge in [-0.15, -0.1) is 12.4 Å². The lowest BCUT2D eigenvalue weighted by atomic mass is 9.91. The number of esters is 1. The largest absolute Gasteiger partial charge is 0.461 e. The van der Waals surface area contributed by atoms with Gasteiger partial charge in [-0.1, -0.05) is 13.8 Å². The van der Waals surface area contributed by atoms with Crippen LogP contribution in [-0.4, -0.2) is 52.3 Å². The molecule has 1 aromatic heterocycles. The molecule has 1 unspecified atom stereocenters. The minimum Gasteiger partial charge on any atom is -0.461 e. The highest BCUT2D eigenvalue weighted by Crippen LogP contribution is 2.26. The number of rotatable bonds is 5. The lowest BCUT2D eigenvalue weighted by Crippen LogP contribution is -2.43. The molecule has 0 saturated heterocycles. The van der Waals surface area contributed by atoms with Gasteiger partial charge in [-0.25, -0.2) is 4.63 Å². The molecule has 8 nitrogen and oxygen atoms in total. The molecule has 2 N–H and O–H groups in total. The number of ether oxygens (including phenoxy) is 1. The summed E-state index contributed by atoms with van der Waals surface area (Å²) in [5, 5.41) is 7.53. The highest BCUT2D eigenvalue weighted by molar-refractivity contribution is 5.97. The third kappa shape index (κ3) is 4.80. The van der Waals surface area contributed by atoms with E-state index in [4.69, 9.17) is 10.5 Å². The number of amides is 1. The zero-order valence-electron chi connectivity index (χ0n) is 16.3. The number of fused-ring (bicyclic) bond motifs is 1. The fraction of sp³-hybridized carbons (Fsp3) is 0.579. The number of aromatic nitrogens is 2. The summed E-state index contributed by atoms with van der Waals surface area (Å²) < 4.78 is 10.2. The van der Waals surface area contributed by atoms with Crippen LogP contribution in [0.4, 0.5) is 0 Å². The van der Waals surface area contributed by atoms with Crippen LogP contribution in [0.1, 0.15) is 49.9 Å². The van der Waals surface area contributed by atoms with Gasteiger partial charge in [0.15, 0.2) is 0 Å². The molecule has 0 radical (unpaired) electrons. The van der Waals surface area contributed by atoms with E-state index in [1.165, 1.54) is 0 Å². The van der Waals surface area contributed by atoms with Crippen LogP contribution in [0.15, 0.2) is 22.8 Å². The van der Waals surface area contributed by atoms with Crippen molar-refractivity contribution in [1.29, 1.82) is 0 Å². The Morgan fingerprint density at radius 1 is 1.18 bits per heavy atom. The minimum atomic E-state index is -0.590. The zero-order chi connectivity index (χ0) is 19.6. The van der Waals surface area contributed by atoms with Crippen molar-refractivity contribution >= 4 is 35.3 Å². The quantitative estimate of drug-likeness (QED) is 0.753. The number of nitrogens with two attached hydrogens (primary N) is 1. The predicted molar refractivity (Wildman–Crippen MR) is 106 cm³/mol. The SMILES string of the molecule is CC(C)C(N)C(=O)O[C@H]1CC[C@H](N(C)C(=O)c2ccc3nonc3c2)CC1.Cl. The number of carbonyl (C=O) groups excluding carboxylic acids is 2. The van der Waals surface area contributed by atoms with Gasteiger partial charge in [0, 0.05) is 18.7 Å². The van der Waals surface area contributed by atoms with Gasteiger partial charge in [-0.3, -0.25) is 9.59 Å². The first-order valence-corrected chi connectivity index (χ1v) is 9.32. The summed E-state index contributed by atoms with van der Waals surface area (Å²) in [4.78, 5) is 26.6. The maximum absolute atomic E-state index is 12.8. The van der Waals surface area contributed by atoms with Gasteiger partial charge in [0.25, 0.3) is 5.91 Å². The Hall–Kier alpha value is -2.19. The Morgan fingerprint density at radius 2 is 1.82 bits per heavy atom. The third-order valence-corrected chi connectivity index (χ3v) is 5.29. The van der Waals surface area contributed by atoms with Gasteiger partial charge in [0.1, 0.15) is 23.2 Å². The Bertz CT molecular complexity index is 817. The molecule has 3 rings (SSSR count). The normalized spacial score (nSPS) is 20.5. The second-order valence-electron chi connectivity index (χ2n) is 7.52. The Labute approximate surface area is 170 Å². The van der Waals surface area contributed by atoms with E-state index in [9.17, 15) is 9.59 Å². The van der Waals surface area contributed by atoms with E-state index in [-0.39, 0.29) is 42.3 Å². The van der Waals surface area contributed by atoms with Crippen molar-refractivity contribution < 1.29 is 19.0 Å². The molecule has 0 aliphatic heterocycles. The summed E-state index contributed by atoms with van der Waals surface area (Å²) in [5.74, 6) is -0.357. The van der Waals surface area contributed by atoms with Crippen LogP contribution in [0.5, 0.6) is 0 Å². The summed E-state index contributed by atoms with van der Waals surface area (Å²) in [7, 11) is 1.80. The lowest BCUT2D eigenvalue weighted by Gasteiger charge is -2.35. The summed E-state index contributed by atoms with van der Waals surface area (Å²) in [5.41, 5.74) is 7.58. The molecule has 1 aliphatic carbocycles. The molecule has 9 heteroatoms. The first-order chi connectivity index (χ1) is 12.9. The molecule has 28 heavy (non-hydrogen) atoms. The molecule has 0 spiro atoms. The molecule has 1 saturated carbocycles. The van der Waals surface area contributed by atoms with E-state index in [1.807, 2.05) is 13.8 Å². The van der Waals surface area contributed by atoms with E-state index >= 15 is 0 Å². The van der Waals surface area contributed by atoms with Crippen molar-refractivity contribution in [2.45, 2.75) is 57.7 Å². The van der Waals surface area contributed by atoms with Crippen LogP contribution >= 0.6 is 12.4 Å². The van der Waals surface area contributed by atoms with Crippen LogP contribution in [-0.2, 0) is 9.53 Å². The second kappa shape index (κ2) is 9.34. The summed E-state index contributed by atoms with van der Waals surface area (Å²) in [6.45, 7) is 3.80. The van der Waals surface area contributed by atoms with Crippen LogP contribution < -0.4 is 5.73 Å². The number of carbonyl (C=O) groups is 2. The Kier molecular flexibility index (Phi) is 7.37. The van der Waals surface area contributed by atoms with Crippen molar-refractivity contribution in [3.05, 3.63) is 23.8 Å². The smallest absolute Gasteiger partial charge is 0.323 e. The van der Waals surface area contributed by atoms with Crippen molar-refractivity contribution in [3.63, 3.8) is 0 Å². The second-order valence-corrected chi connectivity index (χ2v) is 7.52. The third-order valence-electron chi connectivity index (χ3n) is 5.29. The van der Waals surface area contributed by atoms with E-state index in [1.54, 1.807) is 30.1 Å². The minimum absolute atomic E-state index is 0. The molecule has 1 fully saturated rings. The first kappa shape index (κ1) is 22.1. The predicted octanol–water partition coefficient (Wildman–Crippen LogP) is 2.55. The molecular formula is C19H27ClN4O4. The molecule has 1 atom stereocenters. The van der Waals surface area contributed by atoms with Crippen molar-refractivity contribution in [2.75, 3.05) is 7.05 Å². The fourth-order valence-corrected chi connectivity index (χ4v) is 3.35. The van der Waals surface area contributed by atoms with Crippen LogP contribution in [0, 0.1) is 5.92 Å². The van der Waals surface area contributed by atoms with Crippen LogP contribution in [0.2, 0.25) is 0 Å². The summed E-state index contributed by atoms with van der Waals surface area (Å²) in [6, 6.07) is 4.66. The van der Waals surface area contributed by atoms with Gasteiger partial charge >= 0.3 is 5.97 Å². The summed E-state index contributed by atoms with van der Waals surface area (Å²) in [6.07, 6.45) is 2.89. The fourth-order valence-electron chi connectivity index (χ4n) is 3.35. The van der Waals surface area contributed by atoms with Crippen LogP contribution in [0.25, 0.3) is 11.0 Å². The number of nitrogens with zero attached hydrogens (tertiary/aromatic N) is 3. The average Bonchev–Trinajstić information content (AvgIpc) is 3.14. The molecule has 1 heterocycles. The zero-order valence-corrected chi connectivity index (χ0v) is 17.1. The van der Waals surface area contributed by atoms with E-state index in [0.717, 1.165) is 25.7 Å². The van der Waals surface area contributed by atoms with Crippen molar-refractivity contribution in [2.24, 2.45) is 11.7 Å². The standard InChI is InChI=1S/C19H26N4O4.ClH/c1-11(2)17(20)19(25)26-14-7-5-13(6-8-14)23(3)18(24)12-4-9-15-16(10-12)22-27-21-15;/h4,9-11,13-14,17H,5-8,20H2,1-3H3;1H/t13-,14-,17?;. The summed E-state index contributed by atoms with van der Waals surface area (Å²) >= 11 is 0. The monoisotopic (exact) mass is 410 g/mol. The van der Waals surface area contributed by atoms with Gasteiger partial charge < -0.3 is 15.4 Å². The van der Waals surface area contributed by atoms with Gasteiger partial charge in [-0.05, 0) is 60.1 Å². The molecule has 0 bridgehead atoms. The highest BCUT2D eigenvalue weighted by Gasteiger charge is 2.30. The van der Waals surface area contributed by atoms with Gasteiger partial charge in [0.05, 0.1) is 0 Å². The molecule has 1 aliphatic rings. The van der Waals surface area contributed by atoms with Crippen molar-refractivity contribution in [1.82, 2.24) is 15.2 Å². The number of benzene rings is 1. The molecular weight excluding hydrogens is 384 g/mol. The number of hydrogen-bond donors (Lipinski definition) is 1. The van der Waals surface area contributed by atoms with Crippen LogP contribution in [0.3, 0.4) is 0 Å². The van der Waals surface area contributed by atoms with Gasteiger partial charge in [-0.2, -0.15) is 0 Å². The highest BCUT2D eigenvalue weighted by atomic mass is 35.5. The van der Waals surface area contributed by atoms with Crippen molar-refractivity contribution in [3.8, 4) is 0 Å². The lowest BCUT2D eigenvalue weighted by molar-refractivity contribution is -0.153. The molecule has 1 aromatic carbocycles. The van der Waals surface area contributed by atoms with E-state index in [2.05, 4.69) is 14.9 Å². The topological polar surface area (TPSA) is 112 Å². The molecule has 1 amide bonds. The molecule has 154 valence electrons. The average molecular weight is 411 g/mol. The van der Waals surface area contributed by atoms with E-state index in [0.29, 0.717) is 16.6 Å². The Balaban J connectivity index is 0.00000280. The van der Waals surface area contributed by atoms with Gasteiger partial charge in [0.2, 0.25) is 0 Å². The maximum Gasteiger partial charge on any atom is 0.323 e.